The quantitative estimate of drug-likeness (QED) is 0.754. The lowest BCUT2D eigenvalue weighted by Gasteiger charge is -2.02. The van der Waals surface area contributed by atoms with E-state index in [0.29, 0.717) is 19.1 Å². The Morgan fingerprint density at radius 2 is 2.31 bits per heavy atom. The molecule has 0 aliphatic rings. The van der Waals surface area contributed by atoms with Crippen LogP contribution in [0, 0.1) is 0 Å². The van der Waals surface area contributed by atoms with Crippen LogP contribution in [0.1, 0.15) is 25.5 Å². The summed E-state index contributed by atoms with van der Waals surface area (Å²) in [6.07, 6.45) is 0. The minimum atomic E-state index is 0.432. The van der Waals surface area contributed by atoms with Crippen LogP contribution in [-0.2, 0) is 7.05 Å². The van der Waals surface area contributed by atoms with Crippen LogP contribution in [0.15, 0.2) is 6.07 Å². The summed E-state index contributed by atoms with van der Waals surface area (Å²) in [5.74, 6) is 1.22. The summed E-state index contributed by atoms with van der Waals surface area (Å²) < 4.78 is 7.13. The maximum Gasteiger partial charge on any atom is 0.211 e. The molecule has 1 heterocycles. The van der Waals surface area contributed by atoms with Gasteiger partial charge in [0.2, 0.25) is 5.88 Å². The molecule has 0 spiro atoms. The van der Waals surface area contributed by atoms with E-state index in [2.05, 4.69) is 18.9 Å². The number of hydrogen-bond donors (Lipinski definition) is 1. The van der Waals surface area contributed by atoms with Crippen LogP contribution in [0.4, 0.5) is 0 Å². The summed E-state index contributed by atoms with van der Waals surface area (Å²) in [7, 11) is 1.87. The van der Waals surface area contributed by atoms with Gasteiger partial charge < -0.3 is 10.5 Å². The van der Waals surface area contributed by atoms with Crippen molar-refractivity contribution in [2.75, 3.05) is 13.2 Å². The monoisotopic (exact) mass is 183 g/mol. The van der Waals surface area contributed by atoms with Crippen LogP contribution in [0.5, 0.6) is 5.88 Å². The highest BCUT2D eigenvalue weighted by Crippen LogP contribution is 2.18. The number of nitrogens with two attached hydrogens (primary N) is 1. The molecule has 1 rings (SSSR count). The van der Waals surface area contributed by atoms with Gasteiger partial charge in [-0.15, -0.1) is 0 Å². The lowest BCUT2D eigenvalue weighted by molar-refractivity contribution is 0.299. The summed E-state index contributed by atoms with van der Waals surface area (Å²) in [6, 6.07) is 1.96. The molecule has 0 radical (unpaired) electrons. The number of hydrogen-bond acceptors (Lipinski definition) is 3. The van der Waals surface area contributed by atoms with Gasteiger partial charge in [0, 0.05) is 19.7 Å². The zero-order valence-electron chi connectivity index (χ0n) is 8.45. The second-order valence-electron chi connectivity index (χ2n) is 3.32. The van der Waals surface area contributed by atoms with Crippen molar-refractivity contribution in [3.05, 3.63) is 11.8 Å². The van der Waals surface area contributed by atoms with Gasteiger partial charge >= 0.3 is 0 Å². The largest absolute Gasteiger partial charge is 0.476 e. The summed E-state index contributed by atoms with van der Waals surface area (Å²) in [4.78, 5) is 0. The molecule has 0 saturated heterocycles. The van der Waals surface area contributed by atoms with Crippen LogP contribution in [-0.4, -0.2) is 22.9 Å². The van der Waals surface area contributed by atoms with Crippen molar-refractivity contribution in [3.63, 3.8) is 0 Å². The normalized spacial score (nSPS) is 10.8. The molecule has 1 aromatic rings. The SMILES string of the molecule is CC(C)c1cc(OCCN)n(C)n1. The molecule has 74 valence electrons. The molecule has 0 saturated carbocycles. The maximum absolute atomic E-state index is 5.39. The molecule has 0 unspecified atom stereocenters. The topological polar surface area (TPSA) is 53.1 Å². The second kappa shape index (κ2) is 4.28. The van der Waals surface area contributed by atoms with Crippen LogP contribution in [0.25, 0.3) is 0 Å². The predicted octanol–water partition coefficient (Wildman–Crippen LogP) is 0.881. The van der Waals surface area contributed by atoms with E-state index in [9.17, 15) is 0 Å². The molecule has 2 N–H and O–H groups in total. The predicted molar refractivity (Wildman–Crippen MR) is 51.8 cm³/mol. The van der Waals surface area contributed by atoms with Crippen LogP contribution < -0.4 is 10.5 Å². The molecule has 4 nitrogen and oxygen atoms in total. The molecule has 13 heavy (non-hydrogen) atoms. The Labute approximate surface area is 78.7 Å². The smallest absolute Gasteiger partial charge is 0.211 e. The minimum Gasteiger partial charge on any atom is -0.476 e. The fourth-order valence-electron chi connectivity index (χ4n) is 1.05. The van der Waals surface area contributed by atoms with Crippen molar-refractivity contribution in [2.45, 2.75) is 19.8 Å². The molecule has 0 fully saturated rings. The fourth-order valence-corrected chi connectivity index (χ4v) is 1.05. The Balaban J connectivity index is 2.71. The maximum atomic E-state index is 5.39. The first-order valence-electron chi connectivity index (χ1n) is 4.52. The molecule has 1 aromatic heterocycles. The molecule has 0 aliphatic heterocycles. The Kier molecular flexibility index (Phi) is 3.31. The van der Waals surface area contributed by atoms with Gasteiger partial charge in [0.15, 0.2) is 0 Å². The molecule has 0 atom stereocenters. The van der Waals surface area contributed by atoms with E-state index in [-0.39, 0.29) is 0 Å². The van der Waals surface area contributed by atoms with E-state index in [1.165, 1.54) is 0 Å². The van der Waals surface area contributed by atoms with Crippen molar-refractivity contribution in [3.8, 4) is 5.88 Å². The van der Waals surface area contributed by atoms with E-state index < -0.39 is 0 Å². The zero-order chi connectivity index (χ0) is 9.84. The minimum absolute atomic E-state index is 0.432. The lowest BCUT2D eigenvalue weighted by Crippen LogP contribution is -2.12. The molecule has 4 heteroatoms. The molecule has 0 aliphatic carbocycles. The van der Waals surface area contributed by atoms with Crippen molar-refractivity contribution in [1.82, 2.24) is 9.78 Å². The Hall–Kier alpha value is -1.03. The highest BCUT2D eigenvalue weighted by atomic mass is 16.5. The third-order valence-corrected chi connectivity index (χ3v) is 1.82. The second-order valence-corrected chi connectivity index (χ2v) is 3.32. The Morgan fingerprint density at radius 1 is 1.62 bits per heavy atom. The number of aryl methyl sites for hydroxylation is 1. The van der Waals surface area contributed by atoms with Crippen molar-refractivity contribution in [2.24, 2.45) is 12.8 Å². The van der Waals surface area contributed by atoms with E-state index in [4.69, 9.17) is 10.5 Å². The van der Waals surface area contributed by atoms with E-state index in [0.717, 1.165) is 11.6 Å². The van der Waals surface area contributed by atoms with Gasteiger partial charge in [-0.25, -0.2) is 4.68 Å². The molecule has 0 aromatic carbocycles. The van der Waals surface area contributed by atoms with Gasteiger partial charge in [-0.1, -0.05) is 13.8 Å². The van der Waals surface area contributed by atoms with Gasteiger partial charge in [-0.2, -0.15) is 5.10 Å². The lowest BCUT2D eigenvalue weighted by atomic mass is 10.1. The van der Waals surface area contributed by atoms with Gasteiger partial charge in [0.1, 0.15) is 6.61 Å². The number of nitrogens with zero attached hydrogens (tertiary/aromatic N) is 2. The Bertz CT molecular complexity index is 268. The average molecular weight is 183 g/mol. The van der Waals surface area contributed by atoms with Gasteiger partial charge in [0.25, 0.3) is 0 Å². The summed E-state index contributed by atoms with van der Waals surface area (Å²) in [6.45, 7) is 5.28. The molecular weight excluding hydrogens is 166 g/mol. The first-order valence-corrected chi connectivity index (χ1v) is 4.52. The zero-order valence-corrected chi connectivity index (χ0v) is 8.45. The molecular formula is C9H17N3O. The molecule has 0 bridgehead atoms. The van der Waals surface area contributed by atoms with E-state index >= 15 is 0 Å². The first-order chi connectivity index (χ1) is 6.15. The van der Waals surface area contributed by atoms with Crippen LogP contribution in [0.2, 0.25) is 0 Å². The van der Waals surface area contributed by atoms with E-state index in [1.54, 1.807) is 4.68 Å². The first kappa shape index (κ1) is 10.1. The summed E-state index contributed by atoms with van der Waals surface area (Å²) in [5.41, 5.74) is 6.39. The average Bonchev–Trinajstić information content (AvgIpc) is 2.44. The third-order valence-electron chi connectivity index (χ3n) is 1.82. The highest BCUT2D eigenvalue weighted by molar-refractivity contribution is 5.18. The Morgan fingerprint density at radius 3 is 2.77 bits per heavy atom. The van der Waals surface area contributed by atoms with Crippen LogP contribution in [0.3, 0.4) is 0 Å². The number of aromatic nitrogens is 2. The summed E-state index contributed by atoms with van der Waals surface area (Å²) in [5, 5.41) is 4.31. The standard InChI is InChI=1S/C9H17N3O/c1-7(2)8-6-9(12(3)11-8)13-5-4-10/h6-7H,4-5,10H2,1-3H3. The number of ether oxygens (including phenoxy) is 1. The third kappa shape index (κ3) is 2.45. The summed E-state index contributed by atoms with van der Waals surface area (Å²) >= 11 is 0. The fraction of sp³-hybridized carbons (Fsp3) is 0.667. The van der Waals surface area contributed by atoms with Gasteiger partial charge in [0.05, 0.1) is 5.69 Å². The highest BCUT2D eigenvalue weighted by Gasteiger charge is 2.08. The molecule has 0 amide bonds. The van der Waals surface area contributed by atoms with Crippen molar-refractivity contribution < 1.29 is 4.74 Å². The van der Waals surface area contributed by atoms with Crippen molar-refractivity contribution >= 4 is 0 Å². The van der Waals surface area contributed by atoms with Gasteiger partial charge in [-0.3, -0.25) is 0 Å². The van der Waals surface area contributed by atoms with Gasteiger partial charge in [-0.05, 0) is 5.92 Å². The van der Waals surface area contributed by atoms with E-state index in [1.807, 2.05) is 13.1 Å². The number of rotatable bonds is 4. The van der Waals surface area contributed by atoms with Crippen molar-refractivity contribution in [1.29, 1.82) is 0 Å². The van der Waals surface area contributed by atoms with Crippen LogP contribution >= 0.6 is 0 Å².